The van der Waals surface area contributed by atoms with E-state index in [4.69, 9.17) is 4.74 Å². The molecule has 2 heterocycles. The summed E-state index contributed by atoms with van der Waals surface area (Å²) in [7, 11) is -2.96. The second-order valence-electron chi connectivity index (χ2n) is 6.02. The molecule has 7 heteroatoms. The maximum Gasteiger partial charge on any atom is 0.168 e. The fraction of sp³-hybridized carbons (Fsp3) is 0.471. The number of ether oxygens (including phenoxy) is 1. The van der Waals surface area contributed by atoms with Gasteiger partial charge in [0.2, 0.25) is 0 Å². The first-order chi connectivity index (χ1) is 11.5. The van der Waals surface area contributed by atoms with Gasteiger partial charge < -0.3 is 9.30 Å². The van der Waals surface area contributed by atoms with E-state index in [2.05, 4.69) is 21.7 Å². The van der Waals surface area contributed by atoms with E-state index in [0.717, 1.165) is 42.4 Å². The number of aromatic nitrogens is 2. The Morgan fingerprint density at radius 1 is 1.33 bits per heavy atom. The van der Waals surface area contributed by atoms with Gasteiger partial charge in [-0.25, -0.2) is 13.4 Å². The molecule has 130 valence electrons. The summed E-state index contributed by atoms with van der Waals surface area (Å²) in [5.74, 6) is 0.667. The number of hydrogen-bond acceptors (Lipinski definition) is 5. The van der Waals surface area contributed by atoms with Gasteiger partial charge in [0.15, 0.2) is 5.16 Å². The predicted molar refractivity (Wildman–Crippen MR) is 97.1 cm³/mol. The van der Waals surface area contributed by atoms with E-state index in [9.17, 15) is 8.42 Å². The monoisotopic (exact) mass is 366 g/mol. The molecule has 1 aromatic heterocycles. The zero-order valence-electron chi connectivity index (χ0n) is 13.7. The van der Waals surface area contributed by atoms with Crippen molar-refractivity contribution >= 4 is 21.6 Å². The Kier molecular flexibility index (Phi) is 5.63. The second-order valence-corrected chi connectivity index (χ2v) is 9.34. The molecule has 0 bridgehead atoms. The van der Waals surface area contributed by atoms with Crippen molar-refractivity contribution in [3.63, 3.8) is 0 Å². The molecular weight excluding hydrogens is 344 g/mol. The van der Waals surface area contributed by atoms with Crippen LogP contribution in [-0.4, -0.2) is 48.4 Å². The number of rotatable bonds is 7. The molecule has 2 aromatic rings. The molecule has 24 heavy (non-hydrogen) atoms. The number of thioether (sulfide) groups is 1. The normalized spacial score (nSPS) is 18.1. The highest BCUT2D eigenvalue weighted by molar-refractivity contribution is 8.00. The highest BCUT2D eigenvalue weighted by Gasteiger charge is 2.20. The standard InChI is InChI=1S/C17H22N2O3S2/c1-24(20,21)11-10-23-17-18-12-16(14-6-3-2-4-7-14)19(17)13-15-8-5-9-22-15/h2-4,6-7,12,15H,5,8-11,13H2,1H3. The Morgan fingerprint density at radius 2 is 2.12 bits per heavy atom. The van der Waals surface area contributed by atoms with Gasteiger partial charge in [0, 0.05) is 18.6 Å². The third-order valence-electron chi connectivity index (χ3n) is 3.98. The number of nitrogens with zero attached hydrogens (tertiary/aromatic N) is 2. The molecule has 5 nitrogen and oxygen atoms in total. The van der Waals surface area contributed by atoms with Crippen LogP contribution < -0.4 is 0 Å². The van der Waals surface area contributed by atoms with Crippen molar-refractivity contribution in [1.29, 1.82) is 0 Å². The molecule has 0 spiro atoms. The van der Waals surface area contributed by atoms with Gasteiger partial charge in [0.05, 0.1) is 30.3 Å². The SMILES string of the molecule is CS(=O)(=O)CCSc1ncc(-c2ccccc2)n1CC1CCCO1. The first-order valence-electron chi connectivity index (χ1n) is 8.06. The lowest BCUT2D eigenvalue weighted by molar-refractivity contribution is 0.0954. The molecule has 1 aromatic carbocycles. The third-order valence-corrected chi connectivity index (χ3v) is 6.18. The molecule has 0 N–H and O–H groups in total. The lowest BCUT2D eigenvalue weighted by Crippen LogP contribution is -2.17. The van der Waals surface area contributed by atoms with Crippen LogP contribution in [0, 0.1) is 0 Å². The molecule has 1 atom stereocenters. The van der Waals surface area contributed by atoms with Gasteiger partial charge in [-0.3, -0.25) is 0 Å². The lowest BCUT2D eigenvalue weighted by atomic mass is 10.1. The Morgan fingerprint density at radius 3 is 2.79 bits per heavy atom. The van der Waals surface area contributed by atoms with Crippen molar-refractivity contribution in [2.24, 2.45) is 0 Å². The van der Waals surface area contributed by atoms with E-state index in [1.165, 1.54) is 18.0 Å². The van der Waals surface area contributed by atoms with Crippen LogP contribution in [0.15, 0.2) is 41.7 Å². The van der Waals surface area contributed by atoms with E-state index in [0.29, 0.717) is 5.75 Å². The van der Waals surface area contributed by atoms with Crippen LogP contribution >= 0.6 is 11.8 Å². The largest absolute Gasteiger partial charge is 0.376 e. The molecule has 0 aliphatic carbocycles. The van der Waals surface area contributed by atoms with E-state index in [1.54, 1.807) is 0 Å². The number of benzene rings is 1. The average Bonchev–Trinajstić information content (AvgIpc) is 3.18. The summed E-state index contributed by atoms with van der Waals surface area (Å²) in [6.07, 6.45) is 5.49. The van der Waals surface area contributed by atoms with Crippen molar-refractivity contribution in [2.45, 2.75) is 30.6 Å². The van der Waals surface area contributed by atoms with Gasteiger partial charge in [-0.05, 0) is 18.4 Å². The van der Waals surface area contributed by atoms with Crippen LogP contribution in [0.5, 0.6) is 0 Å². The van der Waals surface area contributed by atoms with Gasteiger partial charge in [-0.1, -0.05) is 42.1 Å². The maximum atomic E-state index is 11.4. The van der Waals surface area contributed by atoms with Gasteiger partial charge in [0.1, 0.15) is 9.84 Å². The van der Waals surface area contributed by atoms with Crippen molar-refractivity contribution in [3.8, 4) is 11.3 Å². The molecule has 1 saturated heterocycles. The molecule has 1 fully saturated rings. The molecule has 3 rings (SSSR count). The van der Waals surface area contributed by atoms with Gasteiger partial charge in [0.25, 0.3) is 0 Å². The Hall–Kier alpha value is -1.31. The lowest BCUT2D eigenvalue weighted by Gasteiger charge is -2.16. The highest BCUT2D eigenvalue weighted by Crippen LogP contribution is 2.28. The molecule has 0 amide bonds. The summed E-state index contributed by atoms with van der Waals surface area (Å²) in [6, 6.07) is 10.1. The summed E-state index contributed by atoms with van der Waals surface area (Å²) in [6.45, 7) is 1.57. The quantitative estimate of drug-likeness (QED) is 0.705. The first-order valence-corrected chi connectivity index (χ1v) is 11.1. The Balaban J connectivity index is 1.83. The highest BCUT2D eigenvalue weighted by atomic mass is 32.2. The van der Waals surface area contributed by atoms with Gasteiger partial charge in [-0.15, -0.1) is 0 Å². The fourth-order valence-corrected chi connectivity index (χ4v) is 4.95. The summed E-state index contributed by atoms with van der Waals surface area (Å²) in [5.41, 5.74) is 2.16. The predicted octanol–water partition coefficient (Wildman–Crippen LogP) is 2.87. The topological polar surface area (TPSA) is 61.2 Å². The summed E-state index contributed by atoms with van der Waals surface area (Å²) in [5, 5.41) is 0.855. The van der Waals surface area contributed by atoms with Crippen LogP contribution in [0.3, 0.4) is 0 Å². The summed E-state index contributed by atoms with van der Waals surface area (Å²) < 4.78 is 30.6. The molecule has 1 unspecified atom stereocenters. The van der Waals surface area contributed by atoms with Crippen LogP contribution in [0.25, 0.3) is 11.3 Å². The van der Waals surface area contributed by atoms with Crippen LogP contribution in [0.1, 0.15) is 12.8 Å². The second kappa shape index (κ2) is 7.72. The van der Waals surface area contributed by atoms with Crippen LogP contribution in [-0.2, 0) is 21.1 Å². The molecule has 1 aliphatic rings. The molecular formula is C17H22N2O3S2. The molecule has 0 radical (unpaired) electrons. The van der Waals surface area contributed by atoms with Crippen LogP contribution in [0.4, 0.5) is 0 Å². The minimum absolute atomic E-state index is 0.158. The van der Waals surface area contributed by atoms with Crippen molar-refractivity contribution in [1.82, 2.24) is 9.55 Å². The smallest absolute Gasteiger partial charge is 0.168 e. The van der Waals surface area contributed by atoms with E-state index >= 15 is 0 Å². The van der Waals surface area contributed by atoms with Crippen molar-refractivity contribution in [2.75, 3.05) is 24.4 Å². The molecule has 1 aliphatic heterocycles. The number of sulfone groups is 1. The Bertz CT molecular complexity index is 766. The maximum absolute atomic E-state index is 11.4. The van der Waals surface area contributed by atoms with E-state index in [-0.39, 0.29) is 11.9 Å². The van der Waals surface area contributed by atoms with Gasteiger partial charge in [-0.2, -0.15) is 0 Å². The molecule has 0 saturated carbocycles. The van der Waals surface area contributed by atoms with E-state index in [1.807, 2.05) is 24.4 Å². The fourth-order valence-electron chi connectivity index (χ4n) is 2.77. The average molecular weight is 367 g/mol. The minimum Gasteiger partial charge on any atom is -0.376 e. The summed E-state index contributed by atoms with van der Waals surface area (Å²) in [4.78, 5) is 4.53. The van der Waals surface area contributed by atoms with Crippen LogP contribution in [0.2, 0.25) is 0 Å². The number of hydrogen-bond donors (Lipinski definition) is 0. The van der Waals surface area contributed by atoms with Crippen molar-refractivity contribution in [3.05, 3.63) is 36.5 Å². The third kappa shape index (κ3) is 4.62. The number of imidazole rings is 1. The zero-order chi connectivity index (χ0) is 17.0. The first kappa shape index (κ1) is 17.5. The van der Waals surface area contributed by atoms with Crippen molar-refractivity contribution < 1.29 is 13.2 Å². The van der Waals surface area contributed by atoms with Gasteiger partial charge >= 0.3 is 0 Å². The zero-order valence-corrected chi connectivity index (χ0v) is 15.4. The summed E-state index contributed by atoms with van der Waals surface area (Å²) >= 11 is 1.49. The minimum atomic E-state index is -2.96. The van der Waals surface area contributed by atoms with E-state index < -0.39 is 9.84 Å². The Labute approximate surface area is 147 Å².